The van der Waals surface area contributed by atoms with Crippen LogP contribution in [0.2, 0.25) is 0 Å². The Balaban J connectivity index is 1.70. The SMILES string of the molecule is Cc1cc2c(cc1C(C)OC(=O)Cc1cccs1)OCO2. The molecule has 2 heterocycles. The van der Waals surface area contributed by atoms with Crippen molar-refractivity contribution in [1.29, 1.82) is 0 Å². The Labute approximate surface area is 127 Å². The van der Waals surface area contributed by atoms with Crippen molar-refractivity contribution in [3.05, 3.63) is 45.6 Å². The molecule has 0 radical (unpaired) electrons. The molecule has 0 N–H and O–H groups in total. The van der Waals surface area contributed by atoms with E-state index in [4.69, 9.17) is 14.2 Å². The predicted octanol–water partition coefficient (Wildman–Crippen LogP) is 3.63. The maximum atomic E-state index is 12.0. The van der Waals surface area contributed by atoms with E-state index >= 15 is 0 Å². The van der Waals surface area contributed by atoms with Gasteiger partial charge in [-0.1, -0.05) is 6.07 Å². The number of fused-ring (bicyclic) bond motifs is 1. The van der Waals surface area contributed by atoms with Crippen LogP contribution in [0.1, 0.15) is 29.0 Å². The average Bonchev–Trinajstić information content (AvgIpc) is 3.08. The summed E-state index contributed by atoms with van der Waals surface area (Å²) in [4.78, 5) is 13.0. The monoisotopic (exact) mass is 304 g/mol. The van der Waals surface area contributed by atoms with Gasteiger partial charge in [0.05, 0.1) is 6.42 Å². The van der Waals surface area contributed by atoms with Crippen LogP contribution in [0.5, 0.6) is 11.5 Å². The molecule has 2 aromatic rings. The second kappa shape index (κ2) is 5.77. The lowest BCUT2D eigenvalue weighted by Gasteiger charge is -2.16. The highest BCUT2D eigenvalue weighted by atomic mass is 32.1. The number of carbonyl (C=O) groups is 1. The van der Waals surface area contributed by atoms with Crippen LogP contribution >= 0.6 is 11.3 Å². The average molecular weight is 304 g/mol. The number of aryl methyl sites for hydroxylation is 1. The fraction of sp³-hybridized carbons (Fsp3) is 0.312. The van der Waals surface area contributed by atoms with E-state index < -0.39 is 0 Å². The Bertz CT molecular complexity index is 649. The molecular weight excluding hydrogens is 288 g/mol. The minimum atomic E-state index is -0.313. The molecule has 1 aromatic heterocycles. The van der Waals surface area contributed by atoms with Gasteiger partial charge in [0, 0.05) is 4.88 Å². The summed E-state index contributed by atoms with van der Waals surface area (Å²) in [7, 11) is 0. The maximum absolute atomic E-state index is 12.0. The molecule has 1 aromatic carbocycles. The molecule has 0 saturated carbocycles. The highest BCUT2D eigenvalue weighted by molar-refractivity contribution is 7.10. The molecule has 0 fully saturated rings. The fourth-order valence-electron chi connectivity index (χ4n) is 2.36. The van der Waals surface area contributed by atoms with Crippen LogP contribution in [0.4, 0.5) is 0 Å². The standard InChI is InChI=1S/C16H16O4S/c1-10-6-14-15(19-9-18-14)8-13(10)11(2)20-16(17)7-12-4-3-5-21-12/h3-6,8,11H,7,9H2,1-2H3. The van der Waals surface area contributed by atoms with E-state index in [1.54, 1.807) is 11.3 Å². The number of rotatable bonds is 4. The number of esters is 1. The number of hydrogen-bond acceptors (Lipinski definition) is 5. The first-order chi connectivity index (χ1) is 10.1. The summed E-state index contributed by atoms with van der Waals surface area (Å²) in [5.41, 5.74) is 1.97. The molecule has 0 saturated heterocycles. The summed E-state index contributed by atoms with van der Waals surface area (Å²) >= 11 is 1.56. The Morgan fingerprint density at radius 1 is 1.38 bits per heavy atom. The molecule has 0 spiro atoms. The van der Waals surface area contributed by atoms with Crippen molar-refractivity contribution in [3.8, 4) is 11.5 Å². The first-order valence-electron chi connectivity index (χ1n) is 6.75. The molecule has 4 nitrogen and oxygen atoms in total. The highest BCUT2D eigenvalue weighted by Gasteiger charge is 2.20. The summed E-state index contributed by atoms with van der Waals surface area (Å²) < 4.78 is 16.2. The van der Waals surface area contributed by atoms with Crippen LogP contribution in [0.25, 0.3) is 0 Å². The van der Waals surface area contributed by atoms with Crippen molar-refractivity contribution in [1.82, 2.24) is 0 Å². The Kier molecular flexibility index (Phi) is 3.84. The van der Waals surface area contributed by atoms with E-state index in [1.165, 1.54) is 0 Å². The van der Waals surface area contributed by atoms with Crippen LogP contribution in [0.3, 0.4) is 0 Å². The van der Waals surface area contributed by atoms with Crippen molar-refractivity contribution in [2.24, 2.45) is 0 Å². The Morgan fingerprint density at radius 3 is 2.86 bits per heavy atom. The van der Waals surface area contributed by atoms with Gasteiger partial charge in [-0.3, -0.25) is 4.79 Å². The van der Waals surface area contributed by atoms with Crippen molar-refractivity contribution in [2.45, 2.75) is 26.4 Å². The van der Waals surface area contributed by atoms with Gasteiger partial charge in [0.2, 0.25) is 6.79 Å². The van der Waals surface area contributed by atoms with E-state index in [9.17, 15) is 4.79 Å². The van der Waals surface area contributed by atoms with Crippen LogP contribution in [-0.4, -0.2) is 12.8 Å². The lowest BCUT2D eigenvalue weighted by atomic mass is 10.0. The predicted molar refractivity (Wildman–Crippen MR) is 79.8 cm³/mol. The molecule has 3 rings (SSSR count). The Hall–Kier alpha value is -2.01. The summed E-state index contributed by atoms with van der Waals surface area (Å²) in [6.07, 6.45) is -0.00188. The maximum Gasteiger partial charge on any atom is 0.311 e. The van der Waals surface area contributed by atoms with Gasteiger partial charge in [0.15, 0.2) is 11.5 Å². The van der Waals surface area contributed by atoms with Crippen molar-refractivity contribution >= 4 is 17.3 Å². The lowest BCUT2D eigenvalue weighted by Crippen LogP contribution is -2.11. The third-order valence-electron chi connectivity index (χ3n) is 3.41. The largest absolute Gasteiger partial charge is 0.457 e. The normalized spacial score (nSPS) is 14.0. The van der Waals surface area contributed by atoms with Crippen LogP contribution in [-0.2, 0) is 16.0 Å². The van der Waals surface area contributed by atoms with Gasteiger partial charge in [-0.2, -0.15) is 0 Å². The molecule has 21 heavy (non-hydrogen) atoms. The van der Waals surface area contributed by atoms with Crippen LogP contribution in [0, 0.1) is 6.92 Å². The van der Waals surface area contributed by atoms with E-state index in [2.05, 4.69) is 0 Å². The topological polar surface area (TPSA) is 44.8 Å². The fourth-order valence-corrected chi connectivity index (χ4v) is 3.05. The molecule has 110 valence electrons. The summed E-state index contributed by atoms with van der Waals surface area (Å²) in [6, 6.07) is 7.67. The zero-order valence-electron chi connectivity index (χ0n) is 11.9. The van der Waals surface area contributed by atoms with E-state index in [0.717, 1.165) is 21.8 Å². The zero-order valence-corrected chi connectivity index (χ0v) is 12.7. The smallest absolute Gasteiger partial charge is 0.311 e. The van der Waals surface area contributed by atoms with E-state index in [-0.39, 0.29) is 18.9 Å². The minimum absolute atomic E-state index is 0.220. The van der Waals surface area contributed by atoms with Crippen molar-refractivity contribution in [2.75, 3.05) is 6.79 Å². The van der Waals surface area contributed by atoms with E-state index in [1.807, 2.05) is 43.5 Å². The van der Waals surface area contributed by atoms with Gasteiger partial charge in [-0.25, -0.2) is 0 Å². The third-order valence-corrected chi connectivity index (χ3v) is 4.28. The molecule has 0 bridgehead atoms. The van der Waals surface area contributed by atoms with Gasteiger partial charge < -0.3 is 14.2 Å². The second-order valence-corrected chi connectivity index (χ2v) is 5.98. The molecule has 1 aliphatic heterocycles. The van der Waals surface area contributed by atoms with Gasteiger partial charge in [-0.15, -0.1) is 11.3 Å². The Morgan fingerprint density at radius 2 is 2.14 bits per heavy atom. The first-order valence-corrected chi connectivity index (χ1v) is 7.63. The summed E-state index contributed by atoms with van der Waals surface area (Å²) in [5.74, 6) is 1.23. The van der Waals surface area contributed by atoms with Crippen LogP contribution in [0.15, 0.2) is 29.6 Å². The van der Waals surface area contributed by atoms with Crippen molar-refractivity contribution in [3.63, 3.8) is 0 Å². The summed E-state index contributed by atoms with van der Waals surface area (Å²) in [6.45, 7) is 4.09. The summed E-state index contributed by atoms with van der Waals surface area (Å²) in [5, 5.41) is 1.95. The molecule has 1 unspecified atom stereocenters. The van der Waals surface area contributed by atoms with Crippen LogP contribution < -0.4 is 9.47 Å². The van der Waals surface area contributed by atoms with Crippen molar-refractivity contribution < 1.29 is 19.0 Å². The quantitative estimate of drug-likeness (QED) is 0.809. The molecule has 0 aliphatic carbocycles. The third kappa shape index (κ3) is 3.03. The number of carbonyl (C=O) groups excluding carboxylic acids is 1. The van der Waals surface area contributed by atoms with Gasteiger partial charge >= 0.3 is 5.97 Å². The number of hydrogen-bond donors (Lipinski definition) is 0. The van der Waals surface area contributed by atoms with Gasteiger partial charge in [0.25, 0.3) is 0 Å². The van der Waals surface area contributed by atoms with Gasteiger partial charge in [0.1, 0.15) is 6.10 Å². The van der Waals surface area contributed by atoms with Gasteiger partial charge in [-0.05, 0) is 48.6 Å². The highest BCUT2D eigenvalue weighted by Crippen LogP contribution is 2.37. The number of benzene rings is 1. The molecule has 1 aliphatic rings. The number of ether oxygens (including phenoxy) is 3. The first kappa shape index (κ1) is 13.9. The molecule has 5 heteroatoms. The second-order valence-electron chi connectivity index (χ2n) is 4.95. The zero-order chi connectivity index (χ0) is 14.8. The van der Waals surface area contributed by atoms with E-state index in [0.29, 0.717) is 12.2 Å². The molecule has 1 atom stereocenters. The number of thiophene rings is 1. The molecular formula is C16H16O4S. The lowest BCUT2D eigenvalue weighted by molar-refractivity contribution is -0.147. The molecule has 0 amide bonds. The minimum Gasteiger partial charge on any atom is -0.457 e.